The van der Waals surface area contributed by atoms with Gasteiger partial charge < -0.3 is 10.4 Å². The van der Waals surface area contributed by atoms with Crippen molar-refractivity contribution < 1.29 is 14.7 Å². The van der Waals surface area contributed by atoms with Crippen LogP contribution in [0.2, 0.25) is 0 Å². The minimum absolute atomic E-state index is 0.205. The van der Waals surface area contributed by atoms with Crippen LogP contribution in [0.15, 0.2) is 42.5 Å². The number of anilines is 1. The number of carboxylic acid groups (broad SMARTS) is 1. The molecule has 4 nitrogen and oxygen atoms in total. The fourth-order valence-electron chi connectivity index (χ4n) is 1.92. The van der Waals surface area contributed by atoms with Crippen molar-refractivity contribution in [2.45, 2.75) is 13.8 Å². The first kappa shape index (κ1) is 13.8. The van der Waals surface area contributed by atoms with Crippen LogP contribution in [-0.2, 0) is 0 Å². The molecule has 0 heterocycles. The summed E-state index contributed by atoms with van der Waals surface area (Å²) in [7, 11) is 0. The van der Waals surface area contributed by atoms with Gasteiger partial charge >= 0.3 is 5.97 Å². The van der Waals surface area contributed by atoms with E-state index in [1.54, 1.807) is 25.1 Å². The van der Waals surface area contributed by atoms with Crippen molar-refractivity contribution in [2.24, 2.45) is 0 Å². The van der Waals surface area contributed by atoms with E-state index in [0.29, 0.717) is 16.8 Å². The zero-order valence-electron chi connectivity index (χ0n) is 11.3. The van der Waals surface area contributed by atoms with Gasteiger partial charge in [0, 0.05) is 11.3 Å². The molecule has 102 valence electrons. The van der Waals surface area contributed by atoms with Crippen molar-refractivity contribution in [2.75, 3.05) is 5.32 Å². The van der Waals surface area contributed by atoms with Crippen molar-refractivity contribution in [1.82, 2.24) is 0 Å². The van der Waals surface area contributed by atoms with Gasteiger partial charge in [0.05, 0.1) is 5.56 Å². The highest BCUT2D eigenvalue weighted by Crippen LogP contribution is 2.18. The largest absolute Gasteiger partial charge is 0.478 e. The van der Waals surface area contributed by atoms with Crippen LogP contribution < -0.4 is 5.32 Å². The van der Waals surface area contributed by atoms with Crippen LogP contribution in [0.1, 0.15) is 31.8 Å². The number of carbonyl (C=O) groups is 2. The molecule has 0 atom stereocenters. The smallest absolute Gasteiger partial charge is 0.335 e. The topological polar surface area (TPSA) is 66.4 Å². The molecule has 0 aliphatic heterocycles. The molecular formula is C16H15NO3. The van der Waals surface area contributed by atoms with E-state index < -0.39 is 5.97 Å². The van der Waals surface area contributed by atoms with Crippen molar-refractivity contribution >= 4 is 17.6 Å². The number of aromatic carboxylic acids is 1. The van der Waals surface area contributed by atoms with E-state index in [9.17, 15) is 9.59 Å². The summed E-state index contributed by atoms with van der Waals surface area (Å²) in [6.07, 6.45) is 0. The number of aryl methyl sites for hydroxylation is 2. The number of nitrogens with one attached hydrogen (secondary N) is 1. The molecular weight excluding hydrogens is 254 g/mol. The minimum Gasteiger partial charge on any atom is -0.478 e. The van der Waals surface area contributed by atoms with Gasteiger partial charge in [-0.2, -0.15) is 0 Å². The third-order valence-electron chi connectivity index (χ3n) is 3.00. The van der Waals surface area contributed by atoms with E-state index in [-0.39, 0.29) is 11.5 Å². The molecule has 2 rings (SSSR count). The van der Waals surface area contributed by atoms with Crippen LogP contribution >= 0.6 is 0 Å². The standard InChI is InChI=1S/C16H15NO3/c1-10-4-3-5-12(8-10)15(18)17-14-7-6-13(16(19)20)9-11(14)2/h3-9H,1-2H3,(H,17,18)(H,19,20). The first-order valence-corrected chi connectivity index (χ1v) is 6.19. The van der Waals surface area contributed by atoms with E-state index in [0.717, 1.165) is 5.56 Å². The maximum atomic E-state index is 12.1. The summed E-state index contributed by atoms with van der Waals surface area (Å²) in [5, 5.41) is 11.7. The fraction of sp³-hybridized carbons (Fsp3) is 0.125. The van der Waals surface area contributed by atoms with Gasteiger partial charge in [0.25, 0.3) is 5.91 Å². The Hall–Kier alpha value is -2.62. The maximum absolute atomic E-state index is 12.1. The van der Waals surface area contributed by atoms with E-state index in [4.69, 9.17) is 5.11 Å². The number of rotatable bonds is 3. The molecule has 0 saturated carbocycles. The summed E-state index contributed by atoms with van der Waals surface area (Å²) in [6, 6.07) is 11.9. The predicted octanol–water partition coefficient (Wildman–Crippen LogP) is 3.25. The molecule has 0 fully saturated rings. The van der Waals surface area contributed by atoms with Crippen LogP contribution in [0.4, 0.5) is 5.69 Å². The second-order valence-corrected chi connectivity index (χ2v) is 4.66. The number of benzene rings is 2. The molecule has 0 bridgehead atoms. The Bertz CT molecular complexity index is 677. The molecule has 1 amide bonds. The van der Waals surface area contributed by atoms with Gasteiger partial charge in [-0.1, -0.05) is 17.7 Å². The first-order valence-electron chi connectivity index (χ1n) is 6.19. The predicted molar refractivity (Wildman–Crippen MR) is 77.3 cm³/mol. The zero-order chi connectivity index (χ0) is 14.7. The van der Waals surface area contributed by atoms with E-state index in [1.165, 1.54) is 12.1 Å². The van der Waals surface area contributed by atoms with Gasteiger partial charge in [-0.3, -0.25) is 4.79 Å². The number of hydrogen-bond donors (Lipinski definition) is 2. The monoisotopic (exact) mass is 269 g/mol. The van der Waals surface area contributed by atoms with Gasteiger partial charge in [0.15, 0.2) is 0 Å². The molecule has 0 unspecified atom stereocenters. The number of amides is 1. The maximum Gasteiger partial charge on any atom is 0.335 e. The third-order valence-corrected chi connectivity index (χ3v) is 3.00. The molecule has 2 N–H and O–H groups in total. The zero-order valence-corrected chi connectivity index (χ0v) is 11.3. The summed E-state index contributed by atoms with van der Waals surface area (Å²) in [5.74, 6) is -1.19. The molecule has 0 aromatic heterocycles. The van der Waals surface area contributed by atoms with Crippen molar-refractivity contribution in [1.29, 1.82) is 0 Å². The van der Waals surface area contributed by atoms with Crippen molar-refractivity contribution in [3.63, 3.8) is 0 Å². The van der Waals surface area contributed by atoms with Gasteiger partial charge in [0.2, 0.25) is 0 Å². The Balaban J connectivity index is 2.22. The van der Waals surface area contributed by atoms with Gasteiger partial charge in [0.1, 0.15) is 0 Å². The lowest BCUT2D eigenvalue weighted by Crippen LogP contribution is -2.13. The van der Waals surface area contributed by atoms with E-state index >= 15 is 0 Å². The molecule has 0 radical (unpaired) electrons. The molecule has 0 saturated heterocycles. The van der Waals surface area contributed by atoms with Gasteiger partial charge in [-0.25, -0.2) is 4.79 Å². The van der Waals surface area contributed by atoms with Crippen LogP contribution in [0, 0.1) is 13.8 Å². The van der Waals surface area contributed by atoms with E-state index in [2.05, 4.69) is 5.32 Å². The van der Waals surface area contributed by atoms with Crippen molar-refractivity contribution in [3.8, 4) is 0 Å². The Labute approximate surface area is 117 Å². The molecule has 0 aliphatic carbocycles. The average molecular weight is 269 g/mol. The van der Waals surface area contributed by atoms with E-state index in [1.807, 2.05) is 19.1 Å². The summed E-state index contributed by atoms with van der Waals surface area (Å²) in [4.78, 5) is 23.0. The lowest BCUT2D eigenvalue weighted by atomic mass is 10.1. The second-order valence-electron chi connectivity index (χ2n) is 4.66. The molecule has 2 aromatic carbocycles. The fourth-order valence-corrected chi connectivity index (χ4v) is 1.92. The lowest BCUT2D eigenvalue weighted by molar-refractivity contribution is 0.0696. The average Bonchev–Trinajstić information content (AvgIpc) is 2.40. The number of hydrogen-bond acceptors (Lipinski definition) is 2. The summed E-state index contributed by atoms with van der Waals surface area (Å²) in [5.41, 5.74) is 3.12. The van der Waals surface area contributed by atoms with Crippen LogP contribution in [0.5, 0.6) is 0 Å². The van der Waals surface area contributed by atoms with Crippen LogP contribution in [0.3, 0.4) is 0 Å². The Morgan fingerprint density at radius 3 is 2.35 bits per heavy atom. The molecule has 0 spiro atoms. The number of carboxylic acids is 1. The van der Waals surface area contributed by atoms with Gasteiger partial charge in [-0.05, 0) is 49.7 Å². The Kier molecular flexibility index (Phi) is 3.84. The minimum atomic E-state index is -0.982. The highest BCUT2D eigenvalue weighted by molar-refractivity contribution is 6.05. The second kappa shape index (κ2) is 5.57. The number of carbonyl (C=O) groups excluding carboxylic acids is 1. The summed E-state index contributed by atoms with van der Waals surface area (Å²) in [6.45, 7) is 3.68. The first-order chi connectivity index (χ1) is 9.47. The normalized spacial score (nSPS) is 10.1. The summed E-state index contributed by atoms with van der Waals surface area (Å²) < 4.78 is 0. The Morgan fingerprint density at radius 2 is 1.75 bits per heavy atom. The molecule has 0 aliphatic rings. The van der Waals surface area contributed by atoms with Gasteiger partial charge in [-0.15, -0.1) is 0 Å². The quantitative estimate of drug-likeness (QED) is 0.898. The molecule has 2 aromatic rings. The van der Waals surface area contributed by atoms with Crippen LogP contribution in [-0.4, -0.2) is 17.0 Å². The Morgan fingerprint density at radius 1 is 1.00 bits per heavy atom. The van der Waals surface area contributed by atoms with Crippen LogP contribution in [0.25, 0.3) is 0 Å². The third kappa shape index (κ3) is 3.03. The van der Waals surface area contributed by atoms with Crippen molar-refractivity contribution in [3.05, 3.63) is 64.7 Å². The highest BCUT2D eigenvalue weighted by atomic mass is 16.4. The molecule has 4 heteroatoms. The molecule has 20 heavy (non-hydrogen) atoms. The summed E-state index contributed by atoms with van der Waals surface area (Å²) >= 11 is 0. The highest BCUT2D eigenvalue weighted by Gasteiger charge is 2.10. The lowest BCUT2D eigenvalue weighted by Gasteiger charge is -2.09. The SMILES string of the molecule is Cc1cccc(C(=O)Nc2ccc(C(=O)O)cc2C)c1.